The zero-order valence-electron chi connectivity index (χ0n) is 14.9. The fourth-order valence-corrected chi connectivity index (χ4v) is 3.68. The molecule has 138 valence electrons. The number of hydrogen-bond donors (Lipinski definition) is 1. The average molecular weight is 363 g/mol. The van der Waals surface area contributed by atoms with Crippen molar-refractivity contribution in [2.45, 2.75) is 32.2 Å². The number of pyridine rings is 1. The quantitative estimate of drug-likeness (QED) is 0.770. The van der Waals surface area contributed by atoms with Crippen LogP contribution >= 0.6 is 0 Å². The first-order valence-corrected chi connectivity index (χ1v) is 9.24. The molecule has 1 fully saturated rings. The Hall–Kier alpha value is -3.09. The Bertz CT molecular complexity index is 994. The number of benzene rings is 1. The van der Waals surface area contributed by atoms with Crippen molar-refractivity contribution < 1.29 is 4.79 Å². The van der Waals surface area contributed by atoms with Gasteiger partial charge in [-0.3, -0.25) is 14.6 Å². The molecule has 0 atom stereocenters. The van der Waals surface area contributed by atoms with Crippen LogP contribution in [0.4, 0.5) is 5.69 Å². The van der Waals surface area contributed by atoms with E-state index in [1.807, 2.05) is 18.2 Å². The van der Waals surface area contributed by atoms with Gasteiger partial charge in [0, 0.05) is 18.7 Å². The van der Waals surface area contributed by atoms with E-state index >= 15 is 0 Å². The molecule has 1 aliphatic rings. The Kier molecular flexibility index (Phi) is 4.91. The first kappa shape index (κ1) is 17.3. The SMILES string of the molecule is O=C(Nc1cccnc1)C1CCC(Cn2nnc3ccccc3c2=O)CC1. The Morgan fingerprint density at radius 1 is 1.11 bits per heavy atom. The molecule has 0 unspecified atom stereocenters. The molecule has 1 N–H and O–H groups in total. The second kappa shape index (κ2) is 7.65. The van der Waals surface area contributed by atoms with E-state index < -0.39 is 0 Å². The zero-order valence-corrected chi connectivity index (χ0v) is 14.9. The lowest BCUT2D eigenvalue weighted by Gasteiger charge is -2.27. The number of nitrogens with one attached hydrogen (secondary N) is 1. The molecule has 0 spiro atoms. The molecule has 0 radical (unpaired) electrons. The van der Waals surface area contributed by atoms with Gasteiger partial charge in [0.15, 0.2) is 0 Å². The van der Waals surface area contributed by atoms with Gasteiger partial charge in [-0.1, -0.05) is 17.3 Å². The van der Waals surface area contributed by atoms with E-state index in [4.69, 9.17) is 0 Å². The van der Waals surface area contributed by atoms with Crippen LogP contribution in [0.15, 0.2) is 53.6 Å². The molecule has 7 nitrogen and oxygen atoms in total. The molecule has 2 aromatic heterocycles. The fourth-order valence-electron chi connectivity index (χ4n) is 3.68. The highest BCUT2D eigenvalue weighted by molar-refractivity contribution is 5.92. The molecule has 1 amide bonds. The van der Waals surface area contributed by atoms with Crippen LogP contribution in [0.3, 0.4) is 0 Å². The maximum absolute atomic E-state index is 12.6. The third kappa shape index (κ3) is 3.86. The predicted molar refractivity (Wildman–Crippen MR) is 102 cm³/mol. The maximum Gasteiger partial charge on any atom is 0.277 e. The van der Waals surface area contributed by atoms with E-state index in [2.05, 4.69) is 20.6 Å². The Labute approximate surface area is 156 Å². The first-order valence-electron chi connectivity index (χ1n) is 9.24. The number of carbonyl (C=O) groups excluding carboxylic acids is 1. The van der Waals surface area contributed by atoms with Gasteiger partial charge in [0.1, 0.15) is 5.52 Å². The van der Waals surface area contributed by atoms with Crippen LogP contribution in [0.2, 0.25) is 0 Å². The molecule has 1 saturated carbocycles. The molecule has 1 aromatic carbocycles. The third-order valence-corrected chi connectivity index (χ3v) is 5.21. The molecule has 27 heavy (non-hydrogen) atoms. The predicted octanol–water partition coefficient (Wildman–Crippen LogP) is 2.63. The molecule has 3 aromatic rings. The van der Waals surface area contributed by atoms with Crippen LogP contribution in [-0.2, 0) is 11.3 Å². The molecule has 1 aliphatic carbocycles. The van der Waals surface area contributed by atoms with E-state index in [1.165, 1.54) is 4.68 Å². The highest BCUT2D eigenvalue weighted by Gasteiger charge is 2.27. The minimum atomic E-state index is -0.1000. The number of anilines is 1. The fraction of sp³-hybridized carbons (Fsp3) is 0.350. The van der Waals surface area contributed by atoms with Crippen molar-refractivity contribution in [1.29, 1.82) is 0 Å². The number of aromatic nitrogens is 4. The highest BCUT2D eigenvalue weighted by Crippen LogP contribution is 2.30. The molecular formula is C20H21N5O2. The van der Waals surface area contributed by atoms with E-state index in [-0.39, 0.29) is 17.4 Å². The summed E-state index contributed by atoms with van der Waals surface area (Å²) in [6, 6.07) is 10.9. The number of amides is 1. The number of rotatable bonds is 4. The molecule has 0 bridgehead atoms. The van der Waals surface area contributed by atoms with Crippen molar-refractivity contribution in [3.8, 4) is 0 Å². The lowest BCUT2D eigenvalue weighted by Crippen LogP contribution is -2.32. The summed E-state index contributed by atoms with van der Waals surface area (Å²) in [6.07, 6.45) is 6.74. The van der Waals surface area contributed by atoms with Gasteiger partial charge in [0.2, 0.25) is 5.91 Å². The van der Waals surface area contributed by atoms with E-state index in [0.29, 0.717) is 23.4 Å². The van der Waals surface area contributed by atoms with Gasteiger partial charge >= 0.3 is 0 Å². The van der Waals surface area contributed by atoms with Crippen LogP contribution in [-0.4, -0.2) is 25.9 Å². The van der Waals surface area contributed by atoms with Crippen LogP contribution in [0, 0.1) is 11.8 Å². The molecule has 4 rings (SSSR count). The van der Waals surface area contributed by atoms with Crippen LogP contribution in [0.1, 0.15) is 25.7 Å². The average Bonchev–Trinajstić information content (AvgIpc) is 2.71. The van der Waals surface area contributed by atoms with E-state index in [0.717, 1.165) is 31.4 Å². The molecule has 7 heteroatoms. The largest absolute Gasteiger partial charge is 0.324 e. The van der Waals surface area contributed by atoms with Gasteiger partial charge in [0.05, 0.1) is 17.3 Å². The number of carbonyl (C=O) groups is 1. The maximum atomic E-state index is 12.6. The topological polar surface area (TPSA) is 89.8 Å². The molecule has 0 saturated heterocycles. The summed E-state index contributed by atoms with van der Waals surface area (Å²) in [5.41, 5.74) is 1.24. The Balaban J connectivity index is 1.36. The smallest absolute Gasteiger partial charge is 0.277 e. The van der Waals surface area contributed by atoms with Gasteiger partial charge in [-0.15, -0.1) is 5.10 Å². The van der Waals surface area contributed by atoms with Gasteiger partial charge in [-0.05, 0) is 55.9 Å². The van der Waals surface area contributed by atoms with Gasteiger partial charge in [-0.25, -0.2) is 4.68 Å². The summed E-state index contributed by atoms with van der Waals surface area (Å²) in [6.45, 7) is 0.549. The van der Waals surface area contributed by atoms with Gasteiger partial charge in [0.25, 0.3) is 5.56 Å². The number of nitrogens with zero attached hydrogens (tertiary/aromatic N) is 4. The number of fused-ring (bicyclic) bond motifs is 1. The standard InChI is InChI=1S/C20H21N5O2/c26-19(22-16-4-3-11-21-12-16)15-9-7-14(8-10-15)13-25-20(27)17-5-1-2-6-18(17)23-24-25/h1-6,11-12,14-15H,7-10,13H2,(H,22,26). The van der Waals surface area contributed by atoms with E-state index in [1.54, 1.807) is 30.6 Å². The Morgan fingerprint density at radius 2 is 1.93 bits per heavy atom. The second-order valence-corrected chi connectivity index (χ2v) is 7.04. The van der Waals surface area contributed by atoms with Gasteiger partial charge in [-0.2, -0.15) is 0 Å². The van der Waals surface area contributed by atoms with Crippen LogP contribution < -0.4 is 10.9 Å². The molecular weight excluding hydrogens is 342 g/mol. The summed E-state index contributed by atoms with van der Waals surface area (Å²) < 4.78 is 1.46. The summed E-state index contributed by atoms with van der Waals surface area (Å²) in [7, 11) is 0. The van der Waals surface area contributed by atoms with Crippen molar-refractivity contribution >= 4 is 22.5 Å². The molecule has 2 heterocycles. The third-order valence-electron chi connectivity index (χ3n) is 5.21. The minimum absolute atomic E-state index is 0.000802. The first-order chi connectivity index (χ1) is 13.2. The highest BCUT2D eigenvalue weighted by atomic mass is 16.2. The minimum Gasteiger partial charge on any atom is -0.324 e. The van der Waals surface area contributed by atoms with Crippen molar-refractivity contribution in [2.75, 3.05) is 5.32 Å². The lowest BCUT2D eigenvalue weighted by atomic mass is 9.81. The monoisotopic (exact) mass is 363 g/mol. The van der Waals surface area contributed by atoms with Gasteiger partial charge < -0.3 is 5.32 Å². The lowest BCUT2D eigenvalue weighted by molar-refractivity contribution is -0.121. The van der Waals surface area contributed by atoms with Crippen molar-refractivity contribution in [3.05, 3.63) is 59.1 Å². The van der Waals surface area contributed by atoms with Crippen LogP contribution in [0.25, 0.3) is 10.9 Å². The Morgan fingerprint density at radius 3 is 2.70 bits per heavy atom. The van der Waals surface area contributed by atoms with Crippen LogP contribution in [0.5, 0.6) is 0 Å². The summed E-state index contributed by atoms with van der Waals surface area (Å²) in [5.74, 6) is 0.380. The van der Waals surface area contributed by atoms with Crippen molar-refractivity contribution in [1.82, 2.24) is 20.0 Å². The normalized spacial score (nSPS) is 19.7. The van der Waals surface area contributed by atoms with Crippen molar-refractivity contribution in [3.63, 3.8) is 0 Å². The van der Waals surface area contributed by atoms with Crippen molar-refractivity contribution in [2.24, 2.45) is 11.8 Å². The summed E-state index contributed by atoms with van der Waals surface area (Å²) in [4.78, 5) is 29.0. The zero-order chi connectivity index (χ0) is 18.6. The summed E-state index contributed by atoms with van der Waals surface area (Å²) in [5, 5.41) is 11.7. The molecule has 0 aliphatic heterocycles. The second-order valence-electron chi connectivity index (χ2n) is 7.04. The number of hydrogen-bond acceptors (Lipinski definition) is 5. The summed E-state index contributed by atoms with van der Waals surface area (Å²) >= 11 is 0. The van der Waals surface area contributed by atoms with E-state index in [9.17, 15) is 9.59 Å².